The molecule has 1 fully saturated rings. The molecule has 1 aromatic heterocycles. The second-order valence-corrected chi connectivity index (χ2v) is 7.33. The Hall–Kier alpha value is -2.59. The Kier molecular flexibility index (Phi) is 5.66. The van der Waals surface area contributed by atoms with Crippen LogP contribution in [-0.4, -0.2) is 52.6 Å². The van der Waals surface area contributed by atoms with Gasteiger partial charge in [-0.3, -0.25) is 9.69 Å². The minimum absolute atomic E-state index is 0.203. The highest BCUT2D eigenvalue weighted by molar-refractivity contribution is 7.14. The van der Waals surface area contributed by atoms with Crippen LogP contribution in [0.5, 0.6) is 0 Å². The molecule has 0 bridgehead atoms. The molecule has 1 aromatic carbocycles. The van der Waals surface area contributed by atoms with Crippen LogP contribution in [0.4, 0.5) is 14.9 Å². The number of benzene rings is 1. The van der Waals surface area contributed by atoms with Crippen LogP contribution in [0.25, 0.3) is 10.6 Å². The van der Waals surface area contributed by atoms with E-state index in [4.69, 9.17) is 4.74 Å². The predicted octanol–water partition coefficient (Wildman–Crippen LogP) is 1.73. The summed E-state index contributed by atoms with van der Waals surface area (Å²) in [7, 11) is 0. The molecule has 2 N–H and O–H groups in total. The van der Waals surface area contributed by atoms with Crippen LogP contribution in [0.15, 0.2) is 18.2 Å². The number of aromatic nitrogens is 2. The van der Waals surface area contributed by atoms with Gasteiger partial charge in [0.15, 0.2) is 5.01 Å². The van der Waals surface area contributed by atoms with Gasteiger partial charge in [-0.1, -0.05) is 11.3 Å². The maximum atomic E-state index is 14.6. The topological polar surface area (TPSA) is 105 Å². The molecule has 1 saturated heterocycles. The van der Waals surface area contributed by atoms with Gasteiger partial charge in [-0.15, -0.1) is 10.2 Å². The van der Waals surface area contributed by atoms with Gasteiger partial charge in [-0.25, -0.2) is 9.18 Å². The van der Waals surface area contributed by atoms with Crippen molar-refractivity contribution in [3.05, 3.63) is 29.0 Å². The molecule has 3 rings (SSSR count). The highest BCUT2D eigenvalue weighted by Gasteiger charge is 2.32. The Bertz CT molecular complexity index is 857. The van der Waals surface area contributed by atoms with Gasteiger partial charge in [-0.05, 0) is 25.1 Å². The number of halogens is 1. The normalized spacial score (nSPS) is 17.7. The van der Waals surface area contributed by atoms with Crippen LogP contribution in [0, 0.1) is 5.82 Å². The number of carbonyl (C=O) groups excluding carboxylic acids is 2. The highest BCUT2D eigenvalue weighted by atomic mass is 32.1. The largest absolute Gasteiger partial charge is 0.442 e. The first kappa shape index (κ1) is 19.2. The molecule has 10 heteroatoms. The van der Waals surface area contributed by atoms with E-state index in [1.807, 2.05) is 0 Å². The number of rotatable bonds is 6. The number of anilines is 1. The van der Waals surface area contributed by atoms with E-state index >= 15 is 0 Å². The average Bonchev–Trinajstić information content (AvgIpc) is 3.19. The van der Waals surface area contributed by atoms with Gasteiger partial charge in [0.05, 0.1) is 24.9 Å². The molecule has 0 saturated carbocycles. The van der Waals surface area contributed by atoms with Crippen molar-refractivity contribution in [2.24, 2.45) is 0 Å². The van der Waals surface area contributed by atoms with Crippen molar-refractivity contribution in [3.63, 3.8) is 0 Å². The molecule has 0 aliphatic carbocycles. The van der Waals surface area contributed by atoms with Gasteiger partial charge in [0.1, 0.15) is 16.9 Å². The number of nitrogens with one attached hydrogen (secondary N) is 1. The third kappa shape index (κ3) is 4.58. The number of amides is 2. The Morgan fingerprint density at radius 2 is 2.30 bits per heavy atom. The Balaban J connectivity index is 1.74. The number of ether oxygens (including phenoxy) is 1. The zero-order valence-corrected chi connectivity index (χ0v) is 15.6. The molecule has 8 nitrogen and oxygen atoms in total. The number of carbonyl (C=O) groups is 2. The summed E-state index contributed by atoms with van der Waals surface area (Å²) in [6.45, 7) is 3.44. The molecule has 27 heavy (non-hydrogen) atoms. The van der Waals surface area contributed by atoms with Gasteiger partial charge in [0.2, 0.25) is 5.91 Å². The summed E-state index contributed by atoms with van der Waals surface area (Å²) in [5.41, 5.74) is 0.635. The molecule has 2 heterocycles. The van der Waals surface area contributed by atoms with E-state index in [1.165, 1.54) is 35.3 Å². The lowest BCUT2D eigenvalue weighted by Gasteiger charge is -2.14. The summed E-state index contributed by atoms with van der Waals surface area (Å²) in [6.07, 6.45) is -1.28. The number of nitrogens with zero attached hydrogens (tertiary/aromatic N) is 3. The van der Waals surface area contributed by atoms with Gasteiger partial charge in [0.25, 0.3) is 0 Å². The second-order valence-electron chi connectivity index (χ2n) is 6.27. The quantitative estimate of drug-likeness (QED) is 0.773. The van der Waals surface area contributed by atoms with Gasteiger partial charge in [-0.2, -0.15) is 0 Å². The summed E-state index contributed by atoms with van der Waals surface area (Å²) in [5, 5.41) is 20.9. The van der Waals surface area contributed by atoms with E-state index < -0.39 is 24.1 Å². The number of aliphatic hydroxyl groups excluding tert-OH is 1. The fourth-order valence-corrected chi connectivity index (χ4v) is 3.63. The zero-order chi connectivity index (χ0) is 19.6. The summed E-state index contributed by atoms with van der Waals surface area (Å²) in [6, 6.07) is 4.38. The lowest BCUT2D eigenvalue weighted by molar-refractivity contribution is -0.119. The number of cyclic esters (lactones) is 1. The van der Waals surface area contributed by atoms with Crippen LogP contribution < -0.4 is 10.2 Å². The van der Waals surface area contributed by atoms with Crippen molar-refractivity contribution in [1.82, 2.24) is 15.5 Å². The molecule has 0 spiro atoms. The van der Waals surface area contributed by atoms with Crippen LogP contribution in [-0.2, 0) is 16.0 Å². The summed E-state index contributed by atoms with van der Waals surface area (Å²) >= 11 is 1.21. The van der Waals surface area contributed by atoms with Crippen molar-refractivity contribution in [2.75, 3.05) is 18.0 Å². The third-order valence-electron chi connectivity index (χ3n) is 3.88. The first-order chi connectivity index (χ1) is 12.8. The molecule has 1 aliphatic heterocycles. The van der Waals surface area contributed by atoms with Gasteiger partial charge >= 0.3 is 6.09 Å². The summed E-state index contributed by atoms with van der Waals surface area (Å²) in [5.74, 6) is -0.753. The first-order valence-corrected chi connectivity index (χ1v) is 9.18. The van der Waals surface area contributed by atoms with Crippen molar-refractivity contribution < 1.29 is 23.8 Å². The van der Waals surface area contributed by atoms with Gasteiger partial charge < -0.3 is 15.2 Å². The van der Waals surface area contributed by atoms with Crippen LogP contribution in [0.3, 0.4) is 0 Å². The minimum atomic E-state index is -0.590. The van der Waals surface area contributed by atoms with E-state index in [1.54, 1.807) is 13.0 Å². The van der Waals surface area contributed by atoms with E-state index in [0.29, 0.717) is 22.1 Å². The van der Waals surface area contributed by atoms with Crippen molar-refractivity contribution >= 4 is 29.0 Å². The molecule has 144 valence electrons. The molecule has 0 unspecified atom stereocenters. The maximum absolute atomic E-state index is 14.6. The summed E-state index contributed by atoms with van der Waals surface area (Å²) < 4.78 is 19.8. The molecule has 1 aliphatic rings. The Morgan fingerprint density at radius 3 is 2.96 bits per heavy atom. The molecule has 2 atom stereocenters. The highest BCUT2D eigenvalue weighted by Crippen LogP contribution is 2.31. The van der Waals surface area contributed by atoms with E-state index in [9.17, 15) is 19.1 Å². The molecular weight excluding hydrogens is 375 g/mol. The van der Waals surface area contributed by atoms with E-state index in [-0.39, 0.29) is 24.6 Å². The standard InChI is InChI=1S/C17H19FN4O4S/c1-9(23)5-15-20-21-16(27-15)13-4-3-11(6-14(13)18)22-8-12(26-17(22)25)7-19-10(2)24/h3-4,6,9,12,23H,5,7-8H2,1-2H3,(H,19,24)/t9-,12-/m0/s1. The number of hydrogen-bond acceptors (Lipinski definition) is 7. The lowest BCUT2D eigenvalue weighted by atomic mass is 10.2. The van der Waals surface area contributed by atoms with Crippen LogP contribution in [0.2, 0.25) is 0 Å². The Labute approximate surface area is 159 Å². The van der Waals surface area contributed by atoms with E-state index in [0.717, 1.165) is 0 Å². The van der Waals surface area contributed by atoms with Crippen molar-refractivity contribution in [3.8, 4) is 10.6 Å². The van der Waals surface area contributed by atoms with Crippen molar-refractivity contribution in [2.45, 2.75) is 32.5 Å². The molecule has 0 radical (unpaired) electrons. The number of hydrogen-bond donors (Lipinski definition) is 2. The molecular formula is C17H19FN4O4S. The third-order valence-corrected chi connectivity index (χ3v) is 4.86. The average molecular weight is 394 g/mol. The van der Waals surface area contributed by atoms with Crippen molar-refractivity contribution in [1.29, 1.82) is 0 Å². The smallest absolute Gasteiger partial charge is 0.414 e. The van der Waals surface area contributed by atoms with Crippen LogP contribution >= 0.6 is 11.3 Å². The second kappa shape index (κ2) is 7.97. The van der Waals surface area contributed by atoms with Gasteiger partial charge in [0, 0.05) is 18.9 Å². The predicted molar refractivity (Wildman–Crippen MR) is 97.0 cm³/mol. The SMILES string of the molecule is CC(=O)NC[C@H]1CN(c2ccc(-c3nnc(C[C@H](C)O)s3)c(F)c2)C(=O)O1. The fraction of sp³-hybridized carbons (Fsp3) is 0.412. The summed E-state index contributed by atoms with van der Waals surface area (Å²) in [4.78, 5) is 24.3. The van der Waals surface area contributed by atoms with E-state index in [2.05, 4.69) is 15.5 Å². The fourth-order valence-electron chi connectivity index (χ4n) is 2.64. The monoisotopic (exact) mass is 394 g/mol. The molecule has 2 aromatic rings. The van der Waals surface area contributed by atoms with Crippen LogP contribution in [0.1, 0.15) is 18.9 Å². The molecule has 2 amide bonds. The minimum Gasteiger partial charge on any atom is -0.442 e. The number of aliphatic hydroxyl groups is 1. The Morgan fingerprint density at radius 1 is 1.52 bits per heavy atom. The lowest BCUT2D eigenvalue weighted by Crippen LogP contribution is -2.33. The zero-order valence-electron chi connectivity index (χ0n) is 14.8. The maximum Gasteiger partial charge on any atom is 0.414 e. The first-order valence-electron chi connectivity index (χ1n) is 8.36.